The quantitative estimate of drug-likeness (QED) is 0.344. The second-order valence-electron chi connectivity index (χ2n) is 8.30. The molecule has 0 aliphatic carbocycles. The third-order valence-electron chi connectivity index (χ3n) is 6.17. The highest BCUT2D eigenvalue weighted by Crippen LogP contribution is 2.36. The number of aliphatic imine (C=N–C) groups is 2. The number of hydrogen-bond donors (Lipinski definition) is 0. The Morgan fingerprint density at radius 1 is 1.06 bits per heavy atom. The van der Waals surface area contributed by atoms with Gasteiger partial charge < -0.3 is 28.1 Å². The molecule has 0 spiro atoms. The van der Waals surface area contributed by atoms with Gasteiger partial charge in [-0.25, -0.2) is 19.6 Å². The van der Waals surface area contributed by atoms with Crippen LogP contribution in [0.1, 0.15) is 31.6 Å². The SMILES string of the molecule is CC1C=COC1C(CCN=C=O)O[C@H]1COC2C1OC[C@@H]2OC(CCN=C=O)c1ccco1. The van der Waals surface area contributed by atoms with Crippen LogP contribution in [0.5, 0.6) is 0 Å². The van der Waals surface area contributed by atoms with E-state index in [9.17, 15) is 9.59 Å². The number of rotatable bonds is 12. The van der Waals surface area contributed by atoms with Crippen LogP contribution in [0.4, 0.5) is 0 Å². The van der Waals surface area contributed by atoms with Gasteiger partial charge in [-0.3, -0.25) is 0 Å². The Kier molecular flexibility index (Phi) is 8.23. The van der Waals surface area contributed by atoms with Gasteiger partial charge in [0.2, 0.25) is 12.2 Å². The summed E-state index contributed by atoms with van der Waals surface area (Å²) in [5, 5.41) is 0. The minimum Gasteiger partial charge on any atom is -0.495 e. The summed E-state index contributed by atoms with van der Waals surface area (Å²) in [4.78, 5) is 28.2. The molecule has 0 amide bonds. The van der Waals surface area contributed by atoms with Crippen molar-refractivity contribution in [2.45, 2.75) is 62.5 Å². The van der Waals surface area contributed by atoms with Crippen LogP contribution in [-0.4, -0.2) is 75.1 Å². The molecule has 0 bridgehead atoms. The summed E-state index contributed by atoms with van der Waals surface area (Å²) in [5.41, 5.74) is 0. The average Bonchev–Trinajstić information content (AvgIpc) is 3.60. The number of ether oxygens (including phenoxy) is 5. The summed E-state index contributed by atoms with van der Waals surface area (Å²) in [6.45, 7) is 3.35. The normalized spacial score (nSPS) is 31.9. The average molecular weight is 460 g/mol. The van der Waals surface area contributed by atoms with E-state index in [4.69, 9.17) is 28.1 Å². The summed E-state index contributed by atoms with van der Waals surface area (Å²) < 4.78 is 36.0. The molecule has 2 fully saturated rings. The Balaban J connectivity index is 1.38. The summed E-state index contributed by atoms with van der Waals surface area (Å²) in [5.74, 6) is 0.831. The first-order valence-corrected chi connectivity index (χ1v) is 11.2. The Bertz CT molecular complexity index is 877. The molecule has 0 radical (unpaired) electrons. The predicted molar refractivity (Wildman–Crippen MR) is 113 cm³/mol. The number of carbonyl (C=O) groups excluding carboxylic acids is 2. The van der Waals surface area contributed by atoms with Gasteiger partial charge in [-0.15, -0.1) is 0 Å². The van der Waals surface area contributed by atoms with Crippen LogP contribution in [-0.2, 0) is 33.3 Å². The molecule has 8 atom stereocenters. The fourth-order valence-electron chi connectivity index (χ4n) is 4.54. The third-order valence-corrected chi connectivity index (χ3v) is 6.17. The molecule has 1 aromatic rings. The van der Waals surface area contributed by atoms with E-state index in [-0.39, 0.29) is 55.2 Å². The lowest BCUT2D eigenvalue weighted by Crippen LogP contribution is -2.41. The van der Waals surface area contributed by atoms with E-state index in [2.05, 4.69) is 16.9 Å². The van der Waals surface area contributed by atoms with E-state index in [0.717, 1.165) is 0 Å². The smallest absolute Gasteiger partial charge is 0.234 e. The van der Waals surface area contributed by atoms with Crippen LogP contribution in [0.15, 0.2) is 45.1 Å². The van der Waals surface area contributed by atoms with E-state index < -0.39 is 0 Å². The molecule has 178 valence electrons. The highest BCUT2D eigenvalue weighted by molar-refractivity contribution is 5.33. The van der Waals surface area contributed by atoms with Crippen molar-refractivity contribution in [3.05, 3.63) is 36.5 Å². The molecule has 0 N–H and O–H groups in total. The highest BCUT2D eigenvalue weighted by Gasteiger charge is 2.51. The van der Waals surface area contributed by atoms with Gasteiger partial charge in [-0.1, -0.05) is 6.92 Å². The molecule has 10 nitrogen and oxygen atoms in total. The maximum atomic E-state index is 10.5. The minimum absolute atomic E-state index is 0.166. The molecule has 0 saturated carbocycles. The summed E-state index contributed by atoms with van der Waals surface area (Å²) in [6.07, 6.45) is 7.32. The molecule has 0 aromatic carbocycles. The van der Waals surface area contributed by atoms with Crippen molar-refractivity contribution in [1.29, 1.82) is 0 Å². The standard InChI is InChI=1S/C23H28N2O8/c1-15-6-10-29-21(15)18(5-8-25-14-27)33-20-12-31-22-19(11-30-23(20)22)32-17(4-7-24-13-26)16-3-2-9-28-16/h2-3,6,9-10,15,17-23H,4-5,7-8,11-12H2,1H3/t15?,17?,18?,19-,20-,21?,22?,23?/m0/s1. The second kappa shape index (κ2) is 11.5. The lowest BCUT2D eigenvalue weighted by atomic mass is 9.98. The molecule has 4 heterocycles. The van der Waals surface area contributed by atoms with Gasteiger partial charge in [0.05, 0.1) is 44.9 Å². The Labute approximate surface area is 191 Å². The maximum Gasteiger partial charge on any atom is 0.234 e. The maximum absolute atomic E-state index is 10.5. The Morgan fingerprint density at radius 3 is 2.36 bits per heavy atom. The van der Waals surface area contributed by atoms with Gasteiger partial charge in [0.25, 0.3) is 0 Å². The first-order chi connectivity index (χ1) is 16.2. The number of isocyanates is 2. The third kappa shape index (κ3) is 5.68. The molecule has 3 aliphatic rings. The van der Waals surface area contributed by atoms with Crippen molar-refractivity contribution < 1.29 is 37.7 Å². The van der Waals surface area contributed by atoms with Crippen molar-refractivity contribution in [2.24, 2.45) is 15.9 Å². The van der Waals surface area contributed by atoms with Gasteiger partial charge in [-0.05, 0) is 24.6 Å². The van der Waals surface area contributed by atoms with E-state index in [1.807, 2.05) is 12.1 Å². The topological polar surface area (TPSA) is 118 Å². The number of nitrogens with zero attached hydrogens (tertiary/aromatic N) is 2. The number of hydrogen-bond acceptors (Lipinski definition) is 10. The molecule has 4 rings (SSSR count). The summed E-state index contributed by atoms with van der Waals surface area (Å²) >= 11 is 0. The van der Waals surface area contributed by atoms with Crippen LogP contribution >= 0.6 is 0 Å². The summed E-state index contributed by atoms with van der Waals surface area (Å²) in [7, 11) is 0. The van der Waals surface area contributed by atoms with E-state index in [0.29, 0.717) is 38.4 Å². The van der Waals surface area contributed by atoms with Crippen molar-refractivity contribution in [3.63, 3.8) is 0 Å². The molecule has 3 aliphatic heterocycles. The van der Waals surface area contributed by atoms with E-state index in [1.54, 1.807) is 30.8 Å². The first-order valence-electron chi connectivity index (χ1n) is 11.2. The molecule has 2 saturated heterocycles. The zero-order valence-corrected chi connectivity index (χ0v) is 18.4. The van der Waals surface area contributed by atoms with Crippen LogP contribution in [0, 0.1) is 5.92 Å². The second-order valence-corrected chi connectivity index (χ2v) is 8.30. The number of fused-ring (bicyclic) bond motifs is 1. The van der Waals surface area contributed by atoms with E-state index >= 15 is 0 Å². The molecule has 33 heavy (non-hydrogen) atoms. The van der Waals surface area contributed by atoms with Gasteiger partial charge in [-0.2, -0.15) is 0 Å². The Hall–Kier alpha value is -2.58. The van der Waals surface area contributed by atoms with Crippen LogP contribution < -0.4 is 0 Å². The van der Waals surface area contributed by atoms with Crippen molar-refractivity contribution in [1.82, 2.24) is 0 Å². The van der Waals surface area contributed by atoms with Crippen LogP contribution in [0.2, 0.25) is 0 Å². The minimum atomic E-state index is -0.388. The number of furan rings is 1. The van der Waals surface area contributed by atoms with Crippen LogP contribution in [0.3, 0.4) is 0 Å². The van der Waals surface area contributed by atoms with Crippen molar-refractivity contribution >= 4 is 12.2 Å². The van der Waals surface area contributed by atoms with Gasteiger partial charge in [0.15, 0.2) is 0 Å². The van der Waals surface area contributed by atoms with Gasteiger partial charge in [0.1, 0.15) is 42.4 Å². The lowest BCUT2D eigenvalue weighted by Gasteiger charge is -2.29. The first kappa shape index (κ1) is 23.6. The fourth-order valence-corrected chi connectivity index (χ4v) is 4.54. The monoisotopic (exact) mass is 460 g/mol. The molecular formula is C23H28N2O8. The van der Waals surface area contributed by atoms with Crippen molar-refractivity contribution in [2.75, 3.05) is 26.3 Å². The Morgan fingerprint density at radius 2 is 1.76 bits per heavy atom. The molecule has 10 heteroatoms. The zero-order valence-electron chi connectivity index (χ0n) is 18.4. The predicted octanol–water partition coefficient (Wildman–Crippen LogP) is 2.26. The fraction of sp³-hybridized carbons (Fsp3) is 0.652. The highest BCUT2D eigenvalue weighted by atomic mass is 16.7. The van der Waals surface area contributed by atoms with Gasteiger partial charge >= 0.3 is 0 Å². The zero-order chi connectivity index (χ0) is 23.0. The van der Waals surface area contributed by atoms with Crippen LogP contribution in [0.25, 0.3) is 0 Å². The molecule has 6 unspecified atom stereocenters. The van der Waals surface area contributed by atoms with Crippen molar-refractivity contribution in [3.8, 4) is 0 Å². The summed E-state index contributed by atoms with van der Waals surface area (Å²) in [6, 6.07) is 3.61. The molecular weight excluding hydrogens is 432 g/mol. The van der Waals surface area contributed by atoms with E-state index in [1.165, 1.54) is 0 Å². The lowest BCUT2D eigenvalue weighted by molar-refractivity contribution is -0.120. The largest absolute Gasteiger partial charge is 0.495 e. The van der Waals surface area contributed by atoms with Gasteiger partial charge in [0, 0.05) is 12.3 Å². The molecule has 1 aromatic heterocycles.